The summed E-state index contributed by atoms with van der Waals surface area (Å²) in [6.07, 6.45) is 5.06. The lowest BCUT2D eigenvalue weighted by Gasteiger charge is -2.31. The van der Waals surface area contributed by atoms with E-state index in [-0.39, 0.29) is 23.9 Å². The third kappa shape index (κ3) is 5.07. The van der Waals surface area contributed by atoms with Crippen molar-refractivity contribution < 1.29 is 9.53 Å². The van der Waals surface area contributed by atoms with E-state index in [0.717, 1.165) is 19.3 Å². The molecule has 2 heterocycles. The molecule has 1 aliphatic heterocycles. The highest BCUT2D eigenvalue weighted by molar-refractivity contribution is 5.76. The Kier molecular flexibility index (Phi) is 6.84. The average molecular weight is 377 g/mol. The van der Waals surface area contributed by atoms with E-state index < -0.39 is 0 Å². The number of H-pyrrole nitrogens is 1. The number of rotatable bonds is 6. The van der Waals surface area contributed by atoms with Gasteiger partial charge in [-0.3, -0.25) is 14.6 Å². The Morgan fingerprint density at radius 2 is 2.07 bits per heavy atom. The van der Waals surface area contributed by atoms with Gasteiger partial charge in [0.1, 0.15) is 0 Å². The molecule has 1 aromatic heterocycles. The number of nitrogens with two attached hydrogens (primary N) is 1. The predicted molar refractivity (Wildman–Crippen MR) is 104 cm³/mol. The molecule has 0 spiro atoms. The second-order valence-corrected chi connectivity index (χ2v) is 7.51. The molecule has 0 aromatic carbocycles. The Bertz CT molecular complexity index is 699. The van der Waals surface area contributed by atoms with Crippen LogP contribution >= 0.6 is 0 Å². The van der Waals surface area contributed by atoms with Gasteiger partial charge < -0.3 is 20.7 Å². The minimum absolute atomic E-state index is 0.0172. The summed E-state index contributed by atoms with van der Waals surface area (Å²) in [7, 11) is 0. The van der Waals surface area contributed by atoms with Gasteiger partial charge >= 0.3 is 0 Å². The number of nitrogens with one attached hydrogen (secondary N) is 2. The van der Waals surface area contributed by atoms with Crippen molar-refractivity contribution in [3.8, 4) is 0 Å². The number of carbonyl (C=O) groups is 1. The largest absolute Gasteiger partial charge is 0.378 e. The molecule has 8 nitrogen and oxygen atoms in total. The molecular weight excluding hydrogens is 346 g/mol. The molecule has 2 fully saturated rings. The van der Waals surface area contributed by atoms with Crippen LogP contribution in [0.4, 0.5) is 5.95 Å². The van der Waals surface area contributed by atoms with E-state index in [0.29, 0.717) is 62.4 Å². The summed E-state index contributed by atoms with van der Waals surface area (Å²) in [6, 6.07) is 0.164. The number of aryl methyl sites for hydroxylation is 1. The van der Waals surface area contributed by atoms with Crippen LogP contribution in [-0.2, 0) is 16.0 Å². The van der Waals surface area contributed by atoms with Gasteiger partial charge in [0.15, 0.2) is 0 Å². The smallest absolute Gasteiger partial charge is 0.255 e. The Morgan fingerprint density at radius 3 is 2.78 bits per heavy atom. The number of aromatic nitrogens is 2. The summed E-state index contributed by atoms with van der Waals surface area (Å²) < 4.78 is 5.33. The third-order valence-corrected chi connectivity index (χ3v) is 5.68. The van der Waals surface area contributed by atoms with Gasteiger partial charge in [-0.05, 0) is 38.6 Å². The molecule has 2 aliphatic rings. The SMILES string of the molecule is Cc1nc(N2CCOCC2)[nH]c(=O)c1CCC(=O)NC1CCCCC1CN. The van der Waals surface area contributed by atoms with Crippen molar-refractivity contribution >= 4 is 11.9 Å². The van der Waals surface area contributed by atoms with Crippen LogP contribution in [0.2, 0.25) is 0 Å². The van der Waals surface area contributed by atoms with Crippen molar-refractivity contribution in [2.45, 2.75) is 51.5 Å². The Balaban J connectivity index is 1.58. The van der Waals surface area contributed by atoms with Crippen LogP contribution in [-0.4, -0.2) is 54.8 Å². The lowest BCUT2D eigenvalue weighted by atomic mass is 9.84. The maximum absolute atomic E-state index is 12.5. The Hall–Kier alpha value is -1.93. The maximum atomic E-state index is 12.5. The summed E-state index contributed by atoms with van der Waals surface area (Å²) in [5.74, 6) is 0.931. The first-order valence-electron chi connectivity index (χ1n) is 10.0. The van der Waals surface area contributed by atoms with E-state index in [1.54, 1.807) is 0 Å². The second kappa shape index (κ2) is 9.32. The molecule has 3 rings (SSSR count). The van der Waals surface area contributed by atoms with Crippen molar-refractivity contribution in [2.75, 3.05) is 37.7 Å². The van der Waals surface area contributed by atoms with Gasteiger partial charge in [-0.15, -0.1) is 0 Å². The van der Waals surface area contributed by atoms with E-state index in [9.17, 15) is 9.59 Å². The van der Waals surface area contributed by atoms with Crippen molar-refractivity contribution in [3.05, 3.63) is 21.6 Å². The summed E-state index contributed by atoms with van der Waals surface area (Å²) in [5, 5.41) is 3.12. The zero-order valence-corrected chi connectivity index (χ0v) is 16.1. The fraction of sp³-hybridized carbons (Fsp3) is 0.737. The lowest BCUT2D eigenvalue weighted by molar-refractivity contribution is -0.122. The lowest BCUT2D eigenvalue weighted by Crippen LogP contribution is -2.44. The summed E-state index contributed by atoms with van der Waals surface area (Å²) in [5.41, 5.74) is 6.94. The summed E-state index contributed by atoms with van der Waals surface area (Å²) in [4.78, 5) is 34.3. The molecule has 4 N–H and O–H groups in total. The van der Waals surface area contributed by atoms with Crippen LogP contribution < -0.4 is 21.5 Å². The van der Waals surface area contributed by atoms with Gasteiger partial charge in [0, 0.05) is 36.8 Å². The third-order valence-electron chi connectivity index (χ3n) is 5.68. The fourth-order valence-electron chi connectivity index (χ4n) is 4.01. The van der Waals surface area contributed by atoms with E-state index in [1.807, 2.05) is 11.8 Å². The molecule has 150 valence electrons. The van der Waals surface area contributed by atoms with Crippen LogP contribution in [0.25, 0.3) is 0 Å². The topological polar surface area (TPSA) is 113 Å². The number of ether oxygens (including phenoxy) is 1. The van der Waals surface area contributed by atoms with Crippen LogP contribution in [0.3, 0.4) is 0 Å². The number of hydrogen-bond acceptors (Lipinski definition) is 6. The molecule has 2 atom stereocenters. The minimum atomic E-state index is -0.158. The highest BCUT2D eigenvalue weighted by Crippen LogP contribution is 2.23. The van der Waals surface area contributed by atoms with Crippen LogP contribution in [0, 0.1) is 12.8 Å². The molecule has 1 aromatic rings. The number of amides is 1. The van der Waals surface area contributed by atoms with Crippen molar-refractivity contribution in [3.63, 3.8) is 0 Å². The molecule has 1 aliphatic carbocycles. The second-order valence-electron chi connectivity index (χ2n) is 7.51. The number of hydrogen-bond donors (Lipinski definition) is 3. The molecule has 0 radical (unpaired) electrons. The summed E-state index contributed by atoms with van der Waals surface area (Å²) in [6.45, 7) is 5.14. The van der Waals surface area contributed by atoms with Crippen LogP contribution in [0.5, 0.6) is 0 Å². The van der Waals surface area contributed by atoms with Gasteiger partial charge in [-0.25, -0.2) is 4.98 Å². The Morgan fingerprint density at radius 1 is 1.33 bits per heavy atom. The Labute approximate surface area is 159 Å². The first kappa shape index (κ1) is 19.8. The van der Waals surface area contributed by atoms with Crippen molar-refractivity contribution in [1.29, 1.82) is 0 Å². The molecule has 1 saturated heterocycles. The van der Waals surface area contributed by atoms with E-state index in [1.165, 1.54) is 6.42 Å². The molecule has 27 heavy (non-hydrogen) atoms. The van der Waals surface area contributed by atoms with Gasteiger partial charge in [-0.2, -0.15) is 0 Å². The monoisotopic (exact) mass is 377 g/mol. The average Bonchev–Trinajstić information content (AvgIpc) is 2.68. The molecule has 1 amide bonds. The van der Waals surface area contributed by atoms with E-state index in [2.05, 4.69) is 15.3 Å². The van der Waals surface area contributed by atoms with Gasteiger partial charge in [0.25, 0.3) is 5.56 Å². The highest BCUT2D eigenvalue weighted by Gasteiger charge is 2.25. The van der Waals surface area contributed by atoms with Crippen molar-refractivity contribution in [2.24, 2.45) is 11.7 Å². The van der Waals surface area contributed by atoms with Gasteiger partial charge in [0.2, 0.25) is 11.9 Å². The first-order valence-corrected chi connectivity index (χ1v) is 10.0. The number of carbonyl (C=O) groups excluding carboxylic acids is 1. The van der Waals surface area contributed by atoms with Crippen LogP contribution in [0.15, 0.2) is 4.79 Å². The quantitative estimate of drug-likeness (QED) is 0.665. The summed E-state index contributed by atoms with van der Waals surface area (Å²) >= 11 is 0. The number of anilines is 1. The van der Waals surface area contributed by atoms with Gasteiger partial charge in [0.05, 0.1) is 13.2 Å². The molecular formula is C19H31N5O3. The number of morpholine rings is 1. The van der Waals surface area contributed by atoms with E-state index in [4.69, 9.17) is 10.5 Å². The molecule has 8 heteroatoms. The zero-order valence-electron chi connectivity index (χ0n) is 16.1. The van der Waals surface area contributed by atoms with Gasteiger partial charge in [-0.1, -0.05) is 12.8 Å². The van der Waals surface area contributed by atoms with Crippen LogP contribution in [0.1, 0.15) is 43.4 Å². The number of nitrogens with zero attached hydrogens (tertiary/aromatic N) is 2. The highest BCUT2D eigenvalue weighted by atomic mass is 16.5. The normalized spacial score (nSPS) is 23.3. The standard InChI is InChI=1S/C19H31N5O3/c1-13-15(18(26)23-19(21-13)24-8-10-27-11-9-24)6-7-17(25)22-16-5-3-2-4-14(16)12-20/h14,16H,2-12,20H2,1H3,(H,22,25)(H,21,23,26). The van der Waals surface area contributed by atoms with Crippen molar-refractivity contribution in [1.82, 2.24) is 15.3 Å². The molecule has 2 unspecified atom stereocenters. The first-order chi connectivity index (χ1) is 13.1. The maximum Gasteiger partial charge on any atom is 0.255 e. The molecule has 1 saturated carbocycles. The zero-order chi connectivity index (χ0) is 19.2. The predicted octanol–water partition coefficient (Wildman–Crippen LogP) is 0.481. The molecule has 0 bridgehead atoms. The number of aromatic amines is 1. The van der Waals surface area contributed by atoms with E-state index >= 15 is 0 Å². The fourth-order valence-corrected chi connectivity index (χ4v) is 4.01. The minimum Gasteiger partial charge on any atom is -0.378 e.